The molecule has 0 aromatic carbocycles. The molecule has 0 bridgehead atoms. The maximum Gasteiger partial charge on any atom is 0.322 e. The van der Waals surface area contributed by atoms with Crippen molar-refractivity contribution in [1.29, 1.82) is 0 Å². The highest BCUT2D eigenvalue weighted by Gasteiger charge is 2.33. The van der Waals surface area contributed by atoms with Crippen molar-refractivity contribution in [3.63, 3.8) is 0 Å². The van der Waals surface area contributed by atoms with Crippen LogP contribution in [0.4, 0.5) is 14.7 Å². The standard InChI is InChI=1S/C8H12F2N4O/c1-8(9,10)6-12-7(13-15-6)14-4-2-11-3-5-14/h11H,2-5H2,1H3. The molecule has 7 heteroatoms. The molecule has 0 atom stereocenters. The molecular weight excluding hydrogens is 206 g/mol. The van der Waals surface area contributed by atoms with Crippen LogP contribution in [0.3, 0.4) is 0 Å². The number of nitrogens with one attached hydrogen (secondary N) is 1. The highest BCUT2D eigenvalue weighted by Crippen LogP contribution is 2.26. The summed E-state index contributed by atoms with van der Waals surface area (Å²) in [4.78, 5) is 5.49. The predicted octanol–water partition coefficient (Wildman–Crippen LogP) is 0.591. The van der Waals surface area contributed by atoms with Gasteiger partial charge in [0.05, 0.1) is 0 Å². The third kappa shape index (κ3) is 2.23. The average molecular weight is 218 g/mol. The maximum atomic E-state index is 12.8. The monoisotopic (exact) mass is 218 g/mol. The molecule has 0 amide bonds. The zero-order valence-electron chi connectivity index (χ0n) is 8.33. The highest BCUT2D eigenvalue weighted by molar-refractivity contribution is 5.28. The number of hydrogen-bond donors (Lipinski definition) is 1. The van der Waals surface area contributed by atoms with Gasteiger partial charge in [0.25, 0.3) is 11.8 Å². The van der Waals surface area contributed by atoms with Gasteiger partial charge >= 0.3 is 5.92 Å². The number of halogens is 2. The second-order valence-corrected chi connectivity index (χ2v) is 3.52. The van der Waals surface area contributed by atoms with Crippen LogP contribution in [0.5, 0.6) is 0 Å². The molecule has 0 unspecified atom stereocenters. The Labute approximate surface area is 85.4 Å². The van der Waals surface area contributed by atoms with Crippen LogP contribution in [0.2, 0.25) is 0 Å². The SMILES string of the molecule is CC(F)(F)c1nc(N2CCNCC2)no1. The van der Waals surface area contributed by atoms with Gasteiger partial charge in [0.1, 0.15) is 0 Å². The molecule has 1 aromatic heterocycles. The summed E-state index contributed by atoms with van der Waals surface area (Å²) in [6.07, 6.45) is 0. The molecule has 0 saturated carbocycles. The van der Waals surface area contributed by atoms with Gasteiger partial charge in [0.2, 0.25) is 0 Å². The van der Waals surface area contributed by atoms with Crippen LogP contribution in [0.25, 0.3) is 0 Å². The van der Waals surface area contributed by atoms with E-state index >= 15 is 0 Å². The number of piperazine rings is 1. The summed E-state index contributed by atoms with van der Waals surface area (Å²) in [5.41, 5.74) is 0. The van der Waals surface area contributed by atoms with Crippen LogP contribution in [0.1, 0.15) is 12.8 Å². The summed E-state index contributed by atoms with van der Waals surface area (Å²) >= 11 is 0. The molecule has 84 valence electrons. The smallest absolute Gasteiger partial charge is 0.322 e. The Morgan fingerprint density at radius 2 is 2.07 bits per heavy atom. The van der Waals surface area contributed by atoms with Gasteiger partial charge in [-0.1, -0.05) is 0 Å². The van der Waals surface area contributed by atoms with E-state index in [0.717, 1.165) is 20.0 Å². The van der Waals surface area contributed by atoms with Crippen molar-refractivity contribution < 1.29 is 13.3 Å². The minimum atomic E-state index is -3.07. The topological polar surface area (TPSA) is 54.2 Å². The van der Waals surface area contributed by atoms with Crippen molar-refractivity contribution in [2.24, 2.45) is 0 Å². The largest absolute Gasteiger partial charge is 0.336 e. The van der Waals surface area contributed by atoms with E-state index in [1.165, 1.54) is 0 Å². The van der Waals surface area contributed by atoms with E-state index in [-0.39, 0.29) is 5.95 Å². The summed E-state index contributed by atoms with van der Waals surface area (Å²) < 4.78 is 30.1. The van der Waals surface area contributed by atoms with Gasteiger partial charge in [-0.05, 0) is 5.16 Å². The lowest BCUT2D eigenvalue weighted by Crippen LogP contribution is -2.44. The van der Waals surface area contributed by atoms with Crippen molar-refractivity contribution >= 4 is 5.95 Å². The van der Waals surface area contributed by atoms with E-state index in [9.17, 15) is 8.78 Å². The molecule has 5 nitrogen and oxygen atoms in total. The Kier molecular flexibility index (Phi) is 2.56. The summed E-state index contributed by atoms with van der Waals surface area (Å²) in [6, 6.07) is 0. The fourth-order valence-electron chi connectivity index (χ4n) is 1.39. The molecule has 1 saturated heterocycles. The van der Waals surface area contributed by atoms with Crippen molar-refractivity contribution in [3.8, 4) is 0 Å². The summed E-state index contributed by atoms with van der Waals surface area (Å²) in [7, 11) is 0. The molecule has 2 rings (SSSR count). The quantitative estimate of drug-likeness (QED) is 0.787. The third-order valence-corrected chi connectivity index (χ3v) is 2.19. The number of rotatable bonds is 2. The molecule has 1 aliphatic heterocycles. The van der Waals surface area contributed by atoms with Gasteiger partial charge in [0, 0.05) is 33.1 Å². The van der Waals surface area contributed by atoms with Crippen molar-refractivity contribution in [2.75, 3.05) is 31.1 Å². The zero-order valence-corrected chi connectivity index (χ0v) is 8.33. The van der Waals surface area contributed by atoms with Crippen LogP contribution >= 0.6 is 0 Å². The number of nitrogens with zero attached hydrogens (tertiary/aromatic N) is 3. The first kappa shape index (κ1) is 10.3. The minimum absolute atomic E-state index is 0.244. The summed E-state index contributed by atoms with van der Waals surface area (Å²) in [5, 5.41) is 6.68. The van der Waals surface area contributed by atoms with Crippen molar-refractivity contribution in [1.82, 2.24) is 15.5 Å². The highest BCUT2D eigenvalue weighted by atomic mass is 19.3. The van der Waals surface area contributed by atoms with Gasteiger partial charge in [-0.25, -0.2) is 0 Å². The van der Waals surface area contributed by atoms with E-state index < -0.39 is 11.8 Å². The molecule has 1 fully saturated rings. The maximum absolute atomic E-state index is 12.8. The third-order valence-electron chi connectivity index (χ3n) is 2.19. The van der Waals surface area contributed by atoms with Gasteiger partial charge in [0.15, 0.2) is 0 Å². The molecule has 1 aromatic rings. The molecule has 1 N–H and O–H groups in total. The van der Waals surface area contributed by atoms with Crippen molar-refractivity contribution in [2.45, 2.75) is 12.8 Å². The molecule has 15 heavy (non-hydrogen) atoms. The average Bonchev–Trinajstić information content (AvgIpc) is 2.67. The molecule has 1 aliphatic rings. The second kappa shape index (κ2) is 3.73. The van der Waals surface area contributed by atoms with E-state index in [4.69, 9.17) is 0 Å². The van der Waals surface area contributed by atoms with Crippen LogP contribution in [-0.4, -0.2) is 36.3 Å². The summed E-state index contributed by atoms with van der Waals surface area (Å²) in [5.74, 6) is -3.46. The first-order chi connectivity index (χ1) is 7.07. The number of anilines is 1. The molecule has 0 aliphatic carbocycles. The van der Waals surface area contributed by atoms with E-state index in [0.29, 0.717) is 13.1 Å². The van der Waals surface area contributed by atoms with Gasteiger partial charge in [-0.15, -0.1) is 0 Å². The lowest BCUT2D eigenvalue weighted by atomic mass is 10.4. The Morgan fingerprint density at radius 3 is 2.60 bits per heavy atom. The fourth-order valence-corrected chi connectivity index (χ4v) is 1.39. The Balaban J connectivity index is 2.12. The first-order valence-electron chi connectivity index (χ1n) is 4.75. The predicted molar refractivity (Wildman–Crippen MR) is 48.9 cm³/mol. The Morgan fingerprint density at radius 1 is 1.40 bits per heavy atom. The van der Waals surface area contributed by atoms with Crippen LogP contribution < -0.4 is 10.2 Å². The van der Waals surface area contributed by atoms with E-state index in [1.54, 1.807) is 0 Å². The lowest BCUT2D eigenvalue weighted by molar-refractivity contribution is -0.0158. The second-order valence-electron chi connectivity index (χ2n) is 3.52. The fraction of sp³-hybridized carbons (Fsp3) is 0.750. The minimum Gasteiger partial charge on any atom is -0.336 e. The van der Waals surface area contributed by atoms with Crippen LogP contribution in [-0.2, 0) is 5.92 Å². The lowest BCUT2D eigenvalue weighted by Gasteiger charge is -2.25. The van der Waals surface area contributed by atoms with Crippen LogP contribution in [0.15, 0.2) is 4.52 Å². The number of aromatic nitrogens is 2. The van der Waals surface area contributed by atoms with Gasteiger partial charge < -0.3 is 14.7 Å². The Hall–Kier alpha value is -1.24. The van der Waals surface area contributed by atoms with Gasteiger partial charge in [-0.2, -0.15) is 13.8 Å². The summed E-state index contributed by atoms with van der Waals surface area (Å²) in [6.45, 7) is 3.74. The van der Waals surface area contributed by atoms with Gasteiger partial charge in [-0.3, -0.25) is 0 Å². The zero-order chi connectivity index (χ0) is 10.9. The molecule has 0 spiro atoms. The number of alkyl halides is 2. The number of hydrogen-bond acceptors (Lipinski definition) is 5. The Bertz CT molecular complexity index is 330. The van der Waals surface area contributed by atoms with E-state index in [2.05, 4.69) is 20.0 Å². The molecule has 2 heterocycles. The molecular formula is C8H12F2N4O. The van der Waals surface area contributed by atoms with E-state index in [1.807, 2.05) is 4.90 Å². The normalized spacial score (nSPS) is 18.2. The van der Waals surface area contributed by atoms with Crippen molar-refractivity contribution in [3.05, 3.63) is 5.89 Å². The first-order valence-corrected chi connectivity index (χ1v) is 4.75. The van der Waals surface area contributed by atoms with Crippen LogP contribution in [0, 0.1) is 0 Å². The molecule has 0 radical (unpaired) electrons.